The first-order valence-corrected chi connectivity index (χ1v) is 11.1. The van der Waals surface area contributed by atoms with E-state index in [1.54, 1.807) is 26.0 Å². The lowest BCUT2D eigenvalue weighted by Crippen LogP contribution is -2.43. The quantitative estimate of drug-likeness (QED) is 0.766. The van der Waals surface area contributed by atoms with Crippen LogP contribution in [0.3, 0.4) is 0 Å². The zero-order valence-electron chi connectivity index (χ0n) is 16.2. The van der Waals surface area contributed by atoms with Gasteiger partial charge in [0.05, 0.1) is 28.6 Å². The molecule has 0 fully saturated rings. The molecule has 1 N–H and O–H groups in total. The maximum Gasteiger partial charge on any atom is 0.203 e. The molecule has 0 spiro atoms. The standard InChI is InChI=1S/C22H25ClO4S/c1-14-20(24)15(2)22(28(25,26)19-11-9-18(23)10-12-19)16(3)21(14)27-13-17-7-5-4-6-8-17/h4-12,14-15,20-21,24H,13H2,1-3H3/t14-,15+,20-,21-/m1/s1. The number of benzene rings is 2. The number of hydrogen-bond donors (Lipinski definition) is 1. The molecular formula is C22H25ClO4S. The average molecular weight is 421 g/mol. The third-order valence-electron chi connectivity index (χ3n) is 5.44. The van der Waals surface area contributed by atoms with Gasteiger partial charge in [-0.15, -0.1) is 0 Å². The molecule has 0 saturated carbocycles. The molecule has 1 aliphatic carbocycles. The van der Waals surface area contributed by atoms with Crippen LogP contribution in [0.2, 0.25) is 5.02 Å². The fourth-order valence-electron chi connectivity index (χ4n) is 3.92. The fourth-order valence-corrected chi connectivity index (χ4v) is 5.96. The predicted octanol–water partition coefficient (Wildman–Crippen LogP) is 4.62. The summed E-state index contributed by atoms with van der Waals surface area (Å²) in [6, 6.07) is 15.8. The molecule has 0 saturated heterocycles. The minimum Gasteiger partial charge on any atom is -0.392 e. The number of rotatable bonds is 5. The zero-order chi connectivity index (χ0) is 20.5. The van der Waals surface area contributed by atoms with Gasteiger partial charge < -0.3 is 9.84 Å². The molecule has 150 valence electrons. The Morgan fingerprint density at radius 2 is 1.64 bits per heavy atom. The summed E-state index contributed by atoms with van der Waals surface area (Å²) in [5.41, 5.74) is 1.65. The van der Waals surface area contributed by atoms with Crippen molar-refractivity contribution in [3.63, 3.8) is 0 Å². The zero-order valence-corrected chi connectivity index (χ0v) is 17.7. The molecule has 0 heterocycles. The van der Waals surface area contributed by atoms with Gasteiger partial charge in [-0.1, -0.05) is 55.8 Å². The molecule has 0 radical (unpaired) electrons. The van der Waals surface area contributed by atoms with Crippen molar-refractivity contribution in [1.82, 2.24) is 0 Å². The first-order valence-electron chi connectivity index (χ1n) is 9.28. The Labute approximate surface area is 171 Å². The first-order chi connectivity index (χ1) is 13.2. The number of hydrogen-bond acceptors (Lipinski definition) is 4. The van der Waals surface area contributed by atoms with Crippen LogP contribution in [-0.2, 0) is 21.2 Å². The number of ether oxygens (including phenoxy) is 1. The molecule has 0 aromatic heterocycles. The summed E-state index contributed by atoms with van der Waals surface area (Å²) in [6.45, 7) is 5.78. The van der Waals surface area contributed by atoms with Gasteiger partial charge in [0.1, 0.15) is 0 Å². The minimum absolute atomic E-state index is 0.168. The largest absolute Gasteiger partial charge is 0.392 e. The van der Waals surface area contributed by atoms with E-state index in [0.29, 0.717) is 17.2 Å². The van der Waals surface area contributed by atoms with Crippen LogP contribution in [0.1, 0.15) is 26.3 Å². The molecule has 1 aliphatic rings. The van der Waals surface area contributed by atoms with E-state index in [1.807, 2.05) is 37.3 Å². The molecule has 0 aliphatic heterocycles. The van der Waals surface area contributed by atoms with Crippen LogP contribution in [0.5, 0.6) is 0 Å². The highest BCUT2D eigenvalue weighted by Crippen LogP contribution is 2.41. The molecule has 0 bridgehead atoms. The van der Waals surface area contributed by atoms with E-state index < -0.39 is 28.0 Å². The molecule has 2 aromatic carbocycles. The molecule has 0 unspecified atom stereocenters. The first kappa shape index (κ1) is 21.1. The topological polar surface area (TPSA) is 63.6 Å². The minimum atomic E-state index is -3.77. The maximum atomic E-state index is 13.3. The van der Waals surface area contributed by atoms with Crippen molar-refractivity contribution in [2.45, 2.75) is 44.5 Å². The second-order valence-corrected chi connectivity index (χ2v) is 9.71. The Morgan fingerprint density at radius 3 is 2.25 bits per heavy atom. The van der Waals surface area contributed by atoms with E-state index in [0.717, 1.165) is 5.56 Å². The predicted molar refractivity (Wildman–Crippen MR) is 111 cm³/mol. The van der Waals surface area contributed by atoms with Crippen LogP contribution in [0.4, 0.5) is 0 Å². The SMILES string of the molecule is CC1=C(S(=O)(=O)c2ccc(Cl)cc2)[C@@H](C)[C@H](O)[C@@H](C)[C@H]1OCc1ccccc1. The van der Waals surface area contributed by atoms with E-state index in [1.165, 1.54) is 12.1 Å². The van der Waals surface area contributed by atoms with Crippen LogP contribution in [0, 0.1) is 11.8 Å². The van der Waals surface area contributed by atoms with Gasteiger partial charge in [-0.3, -0.25) is 0 Å². The lowest BCUT2D eigenvalue weighted by molar-refractivity contribution is -0.0402. The van der Waals surface area contributed by atoms with Crippen molar-refractivity contribution in [3.8, 4) is 0 Å². The van der Waals surface area contributed by atoms with Gasteiger partial charge in [0, 0.05) is 16.9 Å². The van der Waals surface area contributed by atoms with E-state index >= 15 is 0 Å². The maximum absolute atomic E-state index is 13.3. The van der Waals surface area contributed by atoms with E-state index in [2.05, 4.69) is 0 Å². The van der Waals surface area contributed by atoms with Gasteiger partial charge in [-0.2, -0.15) is 0 Å². The van der Waals surface area contributed by atoms with E-state index in [-0.39, 0.29) is 15.7 Å². The van der Waals surface area contributed by atoms with Crippen LogP contribution in [-0.4, -0.2) is 25.7 Å². The molecule has 28 heavy (non-hydrogen) atoms. The summed E-state index contributed by atoms with van der Waals surface area (Å²) >= 11 is 5.90. The Morgan fingerprint density at radius 1 is 1.04 bits per heavy atom. The smallest absolute Gasteiger partial charge is 0.203 e. The average Bonchev–Trinajstić information content (AvgIpc) is 2.67. The second kappa shape index (κ2) is 8.37. The Bertz CT molecular complexity index is 952. The molecule has 4 nitrogen and oxygen atoms in total. The van der Waals surface area contributed by atoms with Crippen LogP contribution < -0.4 is 0 Å². The summed E-state index contributed by atoms with van der Waals surface area (Å²) in [4.78, 5) is 0.403. The second-order valence-electron chi connectivity index (χ2n) is 7.36. The molecule has 2 aromatic rings. The van der Waals surface area contributed by atoms with Crippen LogP contribution in [0.25, 0.3) is 0 Å². The van der Waals surface area contributed by atoms with Crippen molar-refractivity contribution in [2.75, 3.05) is 0 Å². The number of halogens is 1. The van der Waals surface area contributed by atoms with Crippen LogP contribution in [0.15, 0.2) is 70.0 Å². The number of aliphatic hydroxyl groups is 1. The Balaban J connectivity index is 1.99. The van der Waals surface area contributed by atoms with Crippen molar-refractivity contribution in [3.05, 3.63) is 75.7 Å². The van der Waals surface area contributed by atoms with Crippen LogP contribution >= 0.6 is 11.6 Å². The fraction of sp³-hybridized carbons (Fsp3) is 0.364. The summed E-state index contributed by atoms with van der Waals surface area (Å²) in [6.07, 6.45) is -1.30. The highest BCUT2D eigenvalue weighted by molar-refractivity contribution is 7.95. The number of aliphatic hydroxyl groups excluding tert-OH is 1. The monoisotopic (exact) mass is 420 g/mol. The van der Waals surface area contributed by atoms with Gasteiger partial charge in [0.2, 0.25) is 9.84 Å². The van der Waals surface area contributed by atoms with Gasteiger partial charge in [-0.05, 0) is 42.3 Å². The van der Waals surface area contributed by atoms with E-state index in [9.17, 15) is 13.5 Å². The lowest BCUT2D eigenvalue weighted by Gasteiger charge is -2.39. The number of sulfone groups is 1. The highest BCUT2D eigenvalue weighted by atomic mass is 35.5. The Kier molecular flexibility index (Phi) is 6.30. The van der Waals surface area contributed by atoms with Gasteiger partial charge >= 0.3 is 0 Å². The Hall–Kier alpha value is -1.66. The lowest BCUT2D eigenvalue weighted by atomic mass is 9.79. The van der Waals surface area contributed by atoms with Gasteiger partial charge in [-0.25, -0.2) is 8.42 Å². The summed E-state index contributed by atoms with van der Waals surface area (Å²) in [5, 5.41) is 11.2. The molecule has 0 amide bonds. The van der Waals surface area contributed by atoms with Crippen molar-refractivity contribution in [2.24, 2.45) is 11.8 Å². The van der Waals surface area contributed by atoms with E-state index in [4.69, 9.17) is 16.3 Å². The van der Waals surface area contributed by atoms with Crippen molar-refractivity contribution in [1.29, 1.82) is 0 Å². The third-order valence-corrected chi connectivity index (χ3v) is 7.86. The highest BCUT2D eigenvalue weighted by Gasteiger charge is 2.43. The van der Waals surface area contributed by atoms with Gasteiger partial charge in [0.25, 0.3) is 0 Å². The normalized spacial score (nSPS) is 25.8. The molecule has 6 heteroatoms. The summed E-state index contributed by atoms with van der Waals surface area (Å²) < 4.78 is 32.7. The molecule has 3 rings (SSSR count). The molecule has 4 atom stereocenters. The summed E-state index contributed by atoms with van der Waals surface area (Å²) in [5.74, 6) is -0.741. The molecular weight excluding hydrogens is 396 g/mol. The van der Waals surface area contributed by atoms with Gasteiger partial charge in [0.15, 0.2) is 0 Å². The summed E-state index contributed by atoms with van der Waals surface area (Å²) in [7, 11) is -3.77. The van der Waals surface area contributed by atoms with Crippen molar-refractivity contribution >= 4 is 21.4 Å². The van der Waals surface area contributed by atoms with Crippen molar-refractivity contribution < 1.29 is 18.3 Å². The third kappa shape index (κ3) is 4.03.